The lowest BCUT2D eigenvalue weighted by molar-refractivity contribution is 0.0467. The number of aromatic nitrogens is 4. The van der Waals surface area contributed by atoms with E-state index in [4.69, 9.17) is 4.74 Å². The molecular weight excluding hydrogens is 388 g/mol. The van der Waals surface area contributed by atoms with E-state index >= 15 is 0 Å². The van der Waals surface area contributed by atoms with E-state index < -0.39 is 0 Å². The fourth-order valence-corrected chi connectivity index (χ4v) is 5.10. The lowest BCUT2D eigenvalue weighted by Crippen LogP contribution is -2.20. The highest BCUT2D eigenvalue weighted by molar-refractivity contribution is 7.14. The number of nitrogens with zero attached hydrogens (tertiary/aromatic N) is 4. The van der Waals surface area contributed by atoms with Crippen LogP contribution in [0.1, 0.15) is 45.2 Å². The van der Waals surface area contributed by atoms with Crippen molar-refractivity contribution in [2.24, 2.45) is 7.05 Å². The molecule has 148 valence electrons. The fourth-order valence-electron chi connectivity index (χ4n) is 3.95. The number of hydrogen-bond acceptors (Lipinski definition) is 6. The van der Waals surface area contributed by atoms with Crippen molar-refractivity contribution in [2.45, 2.75) is 38.7 Å². The predicted octanol–water partition coefficient (Wildman–Crippen LogP) is 3.27. The maximum atomic E-state index is 12.6. The largest absolute Gasteiger partial charge is 0.453 e. The summed E-state index contributed by atoms with van der Waals surface area (Å²) in [5.41, 5.74) is 1.85. The molecule has 3 heterocycles. The highest BCUT2D eigenvalue weighted by Crippen LogP contribution is 2.29. The molecule has 0 N–H and O–H groups in total. The van der Waals surface area contributed by atoms with Crippen LogP contribution in [0.3, 0.4) is 0 Å². The fraction of sp³-hybridized carbons (Fsp3) is 0.333. The zero-order valence-electron chi connectivity index (χ0n) is 16.1. The average molecular weight is 408 g/mol. The molecule has 0 fully saturated rings. The van der Waals surface area contributed by atoms with E-state index in [0.717, 1.165) is 12.8 Å². The van der Waals surface area contributed by atoms with Gasteiger partial charge in [-0.3, -0.25) is 13.8 Å². The summed E-state index contributed by atoms with van der Waals surface area (Å²) in [6, 6.07) is 9.27. The third-order valence-electron chi connectivity index (χ3n) is 5.47. The summed E-state index contributed by atoms with van der Waals surface area (Å²) in [6.45, 7) is -0.00916. The van der Waals surface area contributed by atoms with Crippen molar-refractivity contribution in [3.05, 3.63) is 61.8 Å². The van der Waals surface area contributed by atoms with Gasteiger partial charge in [0.05, 0.1) is 10.9 Å². The van der Waals surface area contributed by atoms with Gasteiger partial charge in [-0.2, -0.15) is 0 Å². The van der Waals surface area contributed by atoms with Gasteiger partial charge in [-0.15, -0.1) is 21.5 Å². The van der Waals surface area contributed by atoms with Gasteiger partial charge in [0, 0.05) is 11.9 Å². The van der Waals surface area contributed by atoms with Crippen LogP contribution in [0.15, 0.2) is 35.1 Å². The smallest absolute Gasteiger partial charge is 0.348 e. The van der Waals surface area contributed by atoms with Crippen molar-refractivity contribution in [1.82, 2.24) is 19.2 Å². The first kappa shape index (κ1) is 18.1. The van der Waals surface area contributed by atoms with E-state index in [0.29, 0.717) is 27.4 Å². The van der Waals surface area contributed by atoms with Crippen LogP contribution in [0.2, 0.25) is 0 Å². The van der Waals surface area contributed by atoms with Gasteiger partial charge in [-0.1, -0.05) is 18.6 Å². The Morgan fingerprint density at radius 3 is 2.90 bits per heavy atom. The van der Waals surface area contributed by atoms with Gasteiger partial charge in [-0.05, 0) is 49.4 Å². The van der Waals surface area contributed by atoms with Crippen molar-refractivity contribution >= 4 is 34.0 Å². The van der Waals surface area contributed by atoms with Gasteiger partial charge in [0.15, 0.2) is 12.4 Å². The highest BCUT2D eigenvalue weighted by Gasteiger charge is 2.19. The standard InChI is InChI=1S/C21H20N4O3S/c1-24-19(26)14-8-5-6-9-15(14)25-18(22-23-21(24)25)12-28-20(27)17-11-13-7-3-2-4-10-16(13)29-17/h5-6,8-9,11H,2-4,7,10,12H2,1H3. The summed E-state index contributed by atoms with van der Waals surface area (Å²) in [7, 11) is 1.66. The second-order valence-corrected chi connectivity index (χ2v) is 8.47. The Morgan fingerprint density at radius 1 is 1.17 bits per heavy atom. The van der Waals surface area contributed by atoms with Crippen LogP contribution in [-0.2, 0) is 31.2 Å². The Hall–Kier alpha value is -3.00. The number of aryl methyl sites for hydroxylation is 3. The number of ether oxygens (including phenoxy) is 1. The summed E-state index contributed by atoms with van der Waals surface area (Å²) in [5, 5.41) is 8.87. The quantitative estimate of drug-likeness (QED) is 0.384. The maximum Gasteiger partial charge on any atom is 0.348 e. The average Bonchev–Trinajstić information content (AvgIpc) is 3.29. The third kappa shape index (κ3) is 3.04. The van der Waals surface area contributed by atoms with E-state index in [9.17, 15) is 9.59 Å². The number of rotatable bonds is 3. The molecule has 5 rings (SSSR count). The molecule has 0 radical (unpaired) electrons. The van der Waals surface area contributed by atoms with Gasteiger partial charge in [0.1, 0.15) is 4.88 Å². The number of para-hydroxylation sites is 1. The Kier molecular flexibility index (Phi) is 4.43. The molecule has 4 aromatic rings. The second-order valence-electron chi connectivity index (χ2n) is 7.33. The van der Waals surface area contributed by atoms with Crippen LogP contribution < -0.4 is 5.56 Å². The third-order valence-corrected chi connectivity index (χ3v) is 6.69. The summed E-state index contributed by atoms with van der Waals surface area (Å²) in [6.07, 6.45) is 5.68. The Balaban J connectivity index is 1.46. The first-order valence-corrected chi connectivity index (χ1v) is 10.6. The van der Waals surface area contributed by atoms with Crippen LogP contribution in [0, 0.1) is 0 Å². The van der Waals surface area contributed by atoms with E-state index in [1.165, 1.54) is 34.3 Å². The monoisotopic (exact) mass is 408 g/mol. The molecule has 7 nitrogen and oxygen atoms in total. The number of benzene rings is 1. The van der Waals surface area contributed by atoms with E-state index in [1.54, 1.807) is 28.9 Å². The molecule has 0 saturated carbocycles. The van der Waals surface area contributed by atoms with E-state index in [2.05, 4.69) is 10.2 Å². The molecule has 29 heavy (non-hydrogen) atoms. The van der Waals surface area contributed by atoms with Crippen LogP contribution >= 0.6 is 11.3 Å². The Bertz CT molecular complexity index is 1280. The highest BCUT2D eigenvalue weighted by atomic mass is 32.1. The summed E-state index contributed by atoms with van der Waals surface area (Å²) in [5.74, 6) is 0.565. The topological polar surface area (TPSA) is 78.5 Å². The molecule has 8 heteroatoms. The zero-order chi connectivity index (χ0) is 20.0. The molecular formula is C21H20N4O3S. The van der Waals surface area contributed by atoms with Crippen molar-refractivity contribution in [3.8, 4) is 0 Å². The van der Waals surface area contributed by atoms with E-state index in [1.807, 2.05) is 24.3 Å². The molecule has 3 aromatic heterocycles. The Labute approximate surface area is 170 Å². The van der Waals surface area contributed by atoms with Crippen molar-refractivity contribution in [3.63, 3.8) is 0 Å². The predicted molar refractivity (Wildman–Crippen MR) is 110 cm³/mol. The van der Waals surface area contributed by atoms with Crippen molar-refractivity contribution in [2.75, 3.05) is 0 Å². The lowest BCUT2D eigenvalue weighted by atomic mass is 10.1. The van der Waals surface area contributed by atoms with Crippen molar-refractivity contribution < 1.29 is 9.53 Å². The number of fused-ring (bicyclic) bond motifs is 4. The molecule has 0 amide bonds. The SMILES string of the molecule is Cn1c(=O)c2ccccc2n2c(COC(=O)c3cc4c(s3)CCCCC4)nnc12. The van der Waals surface area contributed by atoms with Gasteiger partial charge < -0.3 is 4.74 Å². The number of thiophene rings is 1. The molecule has 0 atom stereocenters. The maximum absolute atomic E-state index is 12.6. The molecule has 0 spiro atoms. The van der Waals surface area contributed by atoms with Gasteiger partial charge in [-0.25, -0.2) is 4.79 Å². The van der Waals surface area contributed by atoms with Gasteiger partial charge >= 0.3 is 5.97 Å². The number of hydrogen-bond donors (Lipinski definition) is 0. The number of carbonyl (C=O) groups excluding carboxylic acids is 1. The molecule has 0 bridgehead atoms. The van der Waals surface area contributed by atoms with Crippen LogP contribution in [0.5, 0.6) is 0 Å². The minimum Gasteiger partial charge on any atom is -0.453 e. The summed E-state index contributed by atoms with van der Waals surface area (Å²) < 4.78 is 8.80. The van der Waals surface area contributed by atoms with Crippen LogP contribution in [0.25, 0.3) is 16.7 Å². The van der Waals surface area contributed by atoms with Gasteiger partial charge in [0.25, 0.3) is 5.56 Å². The van der Waals surface area contributed by atoms with Gasteiger partial charge in [0.2, 0.25) is 5.78 Å². The minimum absolute atomic E-state index is 0.00916. The first-order valence-electron chi connectivity index (χ1n) is 9.74. The normalized spacial score (nSPS) is 14.1. The second kappa shape index (κ2) is 7.11. The zero-order valence-corrected chi connectivity index (χ0v) is 16.9. The number of carbonyl (C=O) groups is 1. The Morgan fingerprint density at radius 2 is 2.00 bits per heavy atom. The number of esters is 1. The van der Waals surface area contributed by atoms with E-state index in [-0.39, 0.29) is 18.1 Å². The summed E-state index contributed by atoms with van der Waals surface area (Å²) in [4.78, 5) is 27.1. The molecule has 0 aliphatic heterocycles. The molecule has 1 aliphatic rings. The molecule has 0 unspecified atom stereocenters. The first-order chi connectivity index (χ1) is 14.1. The van der Waals surface area contributed by atoms with Crippen LogP contribution in [-0.4, -0.2) is 25.1 Å². The molecule has 1 aliphatic carbocycles. The van der Waals surface area contributed by atoms with Crippen LogP contribution in [0.4, 0.5) is 0 Å². The summed E-state index contributed by atoms with van der Waals surface area (Å²) >= 11 is 1.54. The lowest BCUT2D eigenvalue weighted by Gasteiger charge is -2.08. The minimum atomic E-state index is -0.339. The van der Waals surface area contributed by atoms with Crippen molar-refractivity contribution in [1.29, 1.82) is 0 Å². The molecule has 1 aromatic carbocycles. The molecule has 0 saturated heterocycles.